The molecular weight excluding hydrogens is 272 g/mol. The molecule has 0 radical (unpaired) electrons. The molecule has 2 aliphatic rings. The number of hydrogen-bond donors (Lipinski definition) is 1. The van der Waals surface area contributed by atoms with E-state index in [0.29, 0.717) is 26.4 Å². The van der Waals surface area contributed by atoms with Gasteiger partial charge in [0.25, 0.3) is 0 Å². The van der Waals surface area contributed by atoms with Gasteiger partial charge in [-0.3, -0.25) is 0 Å². The van der Waals surface area contributed by atoms with Gasteiger partial charge in [-0.25, -0.2) is 4.98 Å². The van der Waals surface area contributed by atoms with Gasteiger partial charge in [-0.1, -0.05) is 0 Å². The number of pyridine rings is 1. The molecule has 0 saturated carbocycles. The zero-order valence-electron chi connectivity index (χ0n) is 11.7. The van der Waals surface area contributed by atoms with Crippen LogP contribution in [-0.4, -0.2) is 43.2 Å². The van der Waals surface area contributed by atoms with Gasteiger partial charge in [-0.2, -0.15) is 0 Å². The SMILES string of the molecule is c1cc2occc2c(NC[C@H]2COC3(CCOCC3)O2)n1. The van der Waals surface area contributed by atoms with Crippen molar-refractivity contribution in [1.82, 2.24) is 4.98 Å². The van der Waals surface area contributed by atoms with E-state index in [-0.39, 0.29) is 6.10 Å². The number of hydrogen-bond acceptors (Lipinski definition) is 6. The number of nitrogens with zero attached hydrogens (tertiary/aromatic N) is 1. The first kappa shape index (κ1) is 13.1. The summed E-state index contributed by atoms with van der Waals surface area (Å²) in [7, 11) is 0. The average molecular weight is 290 g/mol. The molecule has 2 aliphatic heterocycles. The predicted octanol–water partition coefficient (Wildman–Crippen LogP) is 2.16. The number of furan rings is 1. The molecule has 112 valence electrons. The highest BCUT2D eigenvalue weighted by molar-refractivity contribution is 5.87. The van der Waals surface area contributed by atoms with Crippen LogP contribution in [0.25, 0.3) is 11.0 Å². The van der Waals surface area contributed by atoms with Crippen LogP contribution in [-0.2, 0) is 14.2 Å². The number of rotatable bonds is 3. The fourth-order valence-corrected chi connectivity index (χ4v) is 2.91. The average Bonchev–Trinajstić information content (AvgIpc) is 3.13. The maximum absolute atomic E-state index is 6.09. The van der Waals surface area contributed by atoms with E-state index in [1.54, 1.807) is 12.5 Å². The Labute approximate surface area is 122 Å². The lowest BCUT2D eigenvalue weighted by Gasteiger charge is -2.31. The molecule has 0 aromatic carbocycles. The second-order valence-corrected chi connectivity index (χ2v) is 5.45. The van der Waals surface area contributed by atoms with Crippen molar-refractivity contribution in [1.29, 1.82) is 0 Å². The van der Waals surface area contributed by atoms with Crippen molar-refractivity contribution >= 4 is 16.8 Å². The van der Waals surface area contributed by atoms with E-state index in [9.17, 15) is 0 Å². The minimum absolute atomic E-state index is 0.0343. The molecule has 0 bridgehead atoms. The number of nitrogens with one attached hydrogen (secondary N) is 1. The Bertz CT molecular complexity index is 621. The Morgan fingerprint density at radius 1 is 1.29 bits per heavy atom. The van der Waals surface area contributed by atoms with E-state index in [2.05, 4.69) is 10.3 Å². The molecule has 6 nitrogen and oxygen atoms in total. The second-order valence-electron chi connectivity index (χ2n) is 5.45. The van der Waals surface area contributed by atoms with Crippen molar-refractivity contribution in [3.05, 3.63) is 24.6 Å². The van der Waals surface area contributed by atoms with E-state index >= 15 is 0 Å². The van der Waals surface area contributed by atoms with Gasteiger partial charge in [0.2, 0.25) is 0 Å². The Hall–Kier alpha value is -1.63. The zero-order valence-corrected chi connectivity index (χ0v) is 11.7. The van der Waals surface area contributed by atoms with Crippen LogP contribution in [0.5, 0.6) is 0 Å². The van der Waals surface area contributed by atoms with Gasteiger partial charge >= 0.3 is 0 Å². The highest BCUT2D eigenvalue weighted by Gasteiger charge is 2.42. The van der Waals surface area contributed by atoms with Crippen molar-refractivity contribution in [2.45, 2.75) is 24.7 Å². The minimum Gasteiger partial charge on any atom is -0.464 e. The van der Waals surface area contributed by atoms with Gasteiger partial charge in [0.1, 0.15) is 17.5 Å². The van der Waals surface area contributed by atoms with Crippen molar-refractivity contribution in [2.24, 2.45) is 0 Å². The normalized spacial score (nSPS) is 24.7. The van der Waals surface area contributed by atoms with Gasteiger partial charge in [0.15, 0.2) is 5.79 Å². The van der Waals surface area contributed by atoms with Crippen LogP contribution in [0.4, 0.5) is 5.82 Å². The smallest absolute Gasteiger partial charge is 0.173 e. The first-order valence-electron chi connectivity index (χ1n) is 7.30. The minimum atomic E-state index is -0.431. The van der Waals surface area contributed by atoms with Gasteiger partial charge in [-0.05, 0) is 12.1 Å². The van der Waals surface area contributed by atoms with Gasteiger partial charge in [0, 0.05) is 25.6 Å². The van der Waals surface area contributed by atoms with Crippen LogP contribution in [0.3, 0.4) is 0 Å². The van der Waals surface area contributed by atoms with Crippen molar-refractivity contribution in [3.63, 3.8) is 0 Å². The Kier molecular flexibility index (Phi) is 3.29. The molecule has 2 fully saturated rings. The summed E-state index contributed by atoms with van der Waals surface area (Å²) >= 11 is 0. The molecule has 1 N–H and O–H groups in total. The van der Waals surface area contributed by atoms with E-state index < -0.39 is 5.79 Å². The molecule has 2 saturated heterocycles. The molecular formula is C15H18N2O4. The van der Waals surface area contributed by atoms with Crippen LogP contribution < -0.4 is 5.32 Å². The van der Waals surface area contributed by atoms with E-state index in [0.717, 1.165) is 29.6 Å². The molecule has 0 unspecified atom stereocenters. The van der Waals surface area contributed by atoms with E-state index in [1.807, 2.05) is 12.1 Å². The molecule has 4 rings (SSSR count). The van der Waals surface area contributed by atoms with Gasteiger partial charge in [-0.15, -0.1) is 0 Å². The van der Waals surface area contributed by atoms with Crippen molar-refractivity contribution in [3.8, 4) is 0 Å². The highest BCUT2D eigenvalue weighted by Crippen LogP contribution is 2.33. The third kappa shape index (κ3) is 2.50. The fourth-order valence-electron chi connectivity index (χ4n) is 2.91. The molecule has 6 heteroatoms. The Balaban J connectivity index is 1.40. The topological polar surface area (TPSA) is 65.8 Å². The summed E-state index contributed by atoms with van der Waals surface area (Å²) in [6.45, 7) is 2.68. The van der Waals surface area contributed by atoms with Crippen LogP contribution in [0.1, 0.15) is 12.8 Å². The van der Waals surface area contributed by atoms with Crippen LogP contribution >= 0.6 is 0 Å². The Morgan fingerprint density at radius 3 is 3.10 bits per heavy atom. The summed E-state index contributed by atoms with van der Waals surface area (Å²) in [6.07, 6.45) is 5.05. The summed E-state index contributed by atoms with van der Waals surface area (Å²) in [5, 5.41) is 4.31. The lowest BCUT2D eigenvalue weighted by molar-refractivity contribution is -0.209. The van der Waals surface area contributed by atoms with Crippen LogP contribution in [0.15, 0.2) is 29.0 Å². The molecule has 1 spiro atoms. The molecule has 21 heavy (non-hydrogen) atoms. The first-order chi connectivity index (χ1) is 10.3. The number of aromatic nitrogens is 1. The van der Waals surface area contributed by atoms with Crippen molar-refractivity contribution < 1.29 is 18.6 Å². The number of ether oxygens (including phenoxy) is 3. The largest absolute Gasteiger partial charge is 0.464 e. The summed E-state index contributed by atoms with van der Waals surface area (Å²) in [5.41, 5.74) is 0.831. The van der Waals surface area contributed by atoms with Gasteiger partial charge < -0.3 is 23.9 Å². The third-order valence-electron chi connectivity index (χ3n) is 4.05. The first-order valence-corrected chi connectivity index (χ1v) is 7.30. The summed E-state index contributed by atoms with van der Waals surface area (Å²) in [6, 6.07) is 3.77. The monoisotopic (exact) mass is 290 g/mol. The second kappa shape index (κ2) is 5.29. The number of fused-ring (bicyclic) bond motifs is 1. The molecule has 4 heterocycles. The van der Waals surface area contributed by atoms with Crippen LogP contribution in [0, 0.1) is 0 Å². The quantitative estimate of drug-likeness (QED) is 0.934. The lowest BCUT2D eigenvalue weighted by atomic mass is 10.1. The standard InChI is InChI=1S/C15H18N2O4/c1-5-16-14(12-2-6-19-13(1)12)17-9-11-10-20-15(21-11)3-7-18-8-4-15/h1-2,5-6,11H,3-4,7-10H2,(H,16,17)/t11-/m0/s1. The molecule has 1 atom stereocenters. The maximum atomic E-state index is 6.09. The summed E-state index contributed by atoms with van der Waals surface area (Å²) in [5.74, 6) is 0.387. The zero-order chi connectivity index (χ0) is 14.1. The van der Waals surface area contributed by atoms with Crippen molar-refractivity contribution in [2.75, 3.05) is 31.7 Å². The van der Waals surface area contributed by atoms with E-state index in [4.69, 9.17) is 18.6 Å². The van der Waals surface area contributed by atoms with Crippen LogP contribution in [0.2, 0.25) is 0 Å². The van der Waals surface area contributed by atoms with Gasteiger partial charge in [0.05, 0.1) is 31.5 Å². The number of anilines is 1. The van der Waals surface area contributed by atoms with E-state index in [1.165, 1.54) is 0 Å². The molecule has 2 aromatic rings. The highest BCUT2D eigenvalue weighted by atomic mass is 16.7. The lowest BCUT2D eigenvalue weighted by Crippen LogP contribution is -2.38. The molecule has 0 amide bonds. The Morgan fingerprint density at radius 2 is 2.19 bits per heavy atom. The summed E-state index contributed by atoms with van der Waals surface area (Å²) in [4.78, 5) is 4.36. The third-order valence-corrected chi connectivity index (χ3v) is 4.05. The summed E-state index contributed by atoms with van der Waals surface area (Å²) < 4.78 is 22.7. The fraction of sp³-hybridized carbons (Fsp3) is 0.533. The molecule has 0 aliphatic carbocycles. The molecule has 2 aromatic heterocycles. The maximum Gasteiger partial charge on any atom is 0.173 e. The predicted molar refractivity (Wildman–Crippen MR) is 76.1 cm³/mol.